The summed E-state index contributed by atoms with van der Waals surface area (Å²) in [6.45, 7) is 6.18. The number of nitrogens with zero attached hydrogens (tertiary/aromatic N) is 1. The third-order valence-electron chi connectivity index (χ3n) is 2.59. The van der Waals surface area contributed by atoms with Gasteiger partial charge in [-0.3, -0.25) is 4.79 Å². The SMILES string of the molecule is CCOC(=O)C(N)C(=O)N(CC)C(C)(C)C(=O)O. The van der Waals surface area contributed by atoms with Crippen LogP contribution in [0.3, 0.4) is 0 Å². The number of likely N-dealkylation sites (N-methyl/N-ethyl adjacent to an activating group) is 1. The molecule has 3 N–H and O–H groups in total. The zero-order valence-electron chi connectivity index (χ0n) is 11.1. The molecule has 0 saturated carbocycles. The lowest BCUT2D eigenvalue weighted by molar-refractivity contribution is -0.161. The van der Waals surface area contributed by atoms with Gasteiger partial charge in [0.1, 0.15) is 5.54 Å². The highest BCUT2D eigenvalue weighted by Gasteiger charge is 2.40. The molecule has 0 rings (SSSR count). The molecule has 0 aromatic rings. The fraction of sp³-hybridized carbons (Fsp3) is 0.727. The van der Waals surface area contributed by atoms with Gasteiger partial charge in [-0.05, 0) is 27.7 Å². The maximum Gasteiger partial charge on any atom is 0.332 e. The second kappa shape index (κ2) is 6.34. The van der Waals surface area contributed by atoms with Gasteiger partial charge in [-0.1, -0.05) is 0 Å². The number of esters is 1. The molecule has 0 saturated heterocycles. The first-order chi connectivity index (χ1) is 8.19. The Morgan fingerprint density at radius 1 is 1.33 bits per heavy atom. The van der Waals surface area contributed by atoms with Gasteiger partial charge >= 0.3 is 11.9 Å². The van der Waals surface area contributed by atoms with Gasteiger partial charge < -0.3 is 20.5 Å². The summed E-state index contributed by atoms with van der Waals surface area (Å²) >= 11 is 0. The number of hydrogen-bond donors (Lipinski definition) is 2. The predicted molar refractivity (Wildman–Crippen MR) is 63.7 cm³/mol. The number of nitrogens with two attached hydrogens (primary N) is 1. The van der Waals surface area contributed by atoms with Crippen molar-refractivity contribution < 1.29 is 24.2 Å². The molecular formula is C11H20N2O5. The number of aliphatic carboxylic acids is 1. The van der Waals surface area contributed by atoms with Gasteiger partial charge in [0, 0.05) is 6.54 Å². The maximum absolute atomic E-state index is 12.0. The van der Waals surface area contributed by atoms with Crippen LogP contribution in [0.25, 0.3) is 0 Å². The summed E-state index contributed by atoms with van der Waals surface area (Å²) < 4.78 is 4.63. The first kappa shape index (κ1) is 16.4. The Balaban J connectivity index is 5.04. The molecule has 0 aromatic carbocycles. The Morgan fingerprint density at radius 3 is 2.17 bits per heavy atom. The molecule has 18 heavy (non-hydrogen) atoms. The van der Waals surface area contributed by atoms with Crippen molar-refractivity contribution in [3.05, 3.63) is 0 Å². The van der Waals surface area contributed by atoms with Crippen LogP contribution in [0.4, 0.5) is 0 Å². The van der Waals surface area contributed by atoms with Gasteiger partial charge in [0.05, 0.1) is 6.61 Å². The van der Waals surface area contributed by atoms with Crippen LogP contribution in [-0.2, 0) is 19.1 Å². The van der Waals surface area contributed by atoms with Crippen LogP contribution in [0.15, 0.2) is 0 Å². The lowest BCUT2D eigenvalue weighted by Crippen LogP contribution is -2.59. The van der Waals surface area contributed by atoms with E-state index in [0.29, 0.717) is 0 Å². The number of amides is 1. The van der Waals surface area contributed by atoms with Crippen LogP contribution in [0.5, 0.6) is 0 Å². The normalized spacial score (nSPS) is 12.7. The summed E-state index contributed by atoms with van der Waals surface area (Å²) in [5.41, 5.74) is 4.03. The second-order valence-electron chi connectivity index (χ2n) is 4.18. The van der Waals surface area contributed by atoms with E-state index in [4.69, 9.17) is 10.8 Å². The largest absolute Gasteiger partial charge is 0.480 e. The fourth-order valence-corrected chi connectivity index (χ4v) is 1.44. The Bertz CT molecular complexity index is 340. The van der Waals surface area contributed by atoms with E-state index in [1.165, 1.54) is 13.8 Å². The lowest BCUT2D eigenvalue weighted by atomic mass is 10.0. The van der Waals surface area contributed by atoms with Crippen molar-refractivity contribution in [1.29, 1.82) is 0 Å². The number of ether oxygens (including phenoxy) is 1. The Kier molecular flexibility index (Phi) is 5.77. The minimum absolute atomic E-state index is 0.105. The number of carboxylic acid groups (broad SMARTS) is 1. The number of hydrogen-bond acceptors (Lipinski definition) is 5. The first-order valence-corrected chi connectivity index (χ1v) is 5.67. The summed E-state index contributed by atoms with van der Waals surface area (Å²) in [7, 11) is 0. The Hall–Kier alpha value is -1.63. The van der Waals surface area contributed by atoms with E-state index in [2.05, 4.69) is 4.74 Å². The van der Waals surface area contributed by atoms with Crippen molar-refractivity contribution in [2.75, 3.05) is 13.2 Å². The summed E-state index contributed by atoms with van der Waals surface area (Å²) in [5, 5.41) is 9.06. The molecule has 0 aliphatic rings. The van der Waals surface area contributed by atoms with Crippen molar-refractivity contribution in [1.82, 2.24) is 4.90 Å². The van der Waals surface area contributed by atoms with Gasteiger partial charge in [-0.2, -0.15) is 0 Å². The minimum atomic E-state index is -1.50. The van der Waals surface area contributed by atoms with Gasteiger partial charge in [0.2, 0.25) is 0 Å². The molecule has 7 nitrogen and oxygen atoms in total. The second-order valence-corrected chi connectivity index (χ2v) is 4.18. The molecule has 0 fully saturated rings. The van der Waals surface area contributed by atoms with Crippen molar-refractivity contribution in [2.24, 2.45) is 5.73 Å². The quantitative estimate of drug-likeness (QED) is 0.496. The smallest absolute Gasteiger partial charge is 0.332 e. The molecule has 1 amide bonds. The van der Waals surface area contributed by atoms with Gasteiger partial charge in [-0.25, -0.2) is 9.59 Å². The molecule has 104 valence electrons. The van der Waals surface area contributed by atoms with Crippen LogP contribution in [-0.4, -0.2) is 52.6 Å². The first-order valence-electron chi connectivity index (χ1n) is 5.67. The third-order valence-corrected chi connectivity index (χ3v) is 2.59. The van der Waals surface area contributed by atoms with Crippen LogP contribution in [0.1, 0.15) is 27.7 Å². The number of carboxylic acids is 1. The zero-order valence-corrected chi connectivity index (χ0v) is 11.1. The average Bonchev–Trinajstić information content (AvgIpc) is 2.28. The van der Waals surface area contributed by atoms with E-state index in [1.807, 2.05) is 0 Å². The monoisotopic (exact) mass is 260 g/mol. The average molecular weight is 260 g/mol. The number of carbonyl (C=O) groups excluding carboxylic acids is 2. The molecule has 1 atom stereocenters. The third kappa shape index (κ3) is 3.43. The molecule has 0 bridgehead atoms. The molecule has 0 heterocycles. The van der Waals surface area contributed by atoms with Crippen molar-refractivity contribution >= 4 is 17.8 Å². The minimum Gasteiger partial charge on any atom is -0.480 e. The molecule has 0 radical (unpaired) electrons. The van der Waals surface area contributed by atoms with Crippen LogP contribution in [0, 0.1) is 0 Å². The molecule has 1 unspecified atom stereocenters. The summed E-state index contributed by atoms with van der Waals surface area (Å²) in [5.74, 6) is -2.79. The van der Waals surface area contributed by atoms with Crippen molar-refractivity contribution in [3.8, 4) is 0 Å². The fourth-order valence-electron chi connectivity index (χ4n) is 1.44. The Morgan fingerprint density at radius 2 is 1.83 bits per heavy atom. The van der Waals surface area contributed by atoms with Crippen LogP contribution < -0.4 is 5.73 Å². The van der Waals surface area contributed by atoms with Gasteiger partial charge in [0.25, 0.3) is 5.91 Å². The highest BCUT2D eigenvalue weighted by Crippen LogP contribution is 2.15. The molecule has 0 spiro atoms. The number of carbonyl (C=O) groups is 3. The molecular weight excluding hydrogens is 240 g/mol. The summed E-state index contributed by atoms with van der Waals surface area (Å²) in [6.07, 6.45) is 0. The van der Waals surface area contributed by atoms with E-state index < -0.39 is 29.4 Å². The maximum atomic E-state index is 12.0. The predicted octanol–water partition coefficient (Wildman–Crippen LogP) is -0.411. The van der Waals surface area contributed by atoms with Gasteiger partial charge in [-0.15, -0.1) is 0 Å². The lowest BCUT2D eigenvalue weighted by Gasteiger charge is -2.35. The number of rotatable bonds is 6. The highest BCUT2D eigenvalue weighted by atomic mass is 16.5. The van der Waals surface area contributed by atoms with E-state index in [9.17, 15) is 14.4 Å². The van der Waals surface area contributed by atoms with E-state index in [1.54, 1.807) is 13.8 Å². The topological polar surface area (TPSA) is 110 Å². The van der Waals surface area contributed by atoms with Crippen LogP contribution >= 0.6 is 0 Å². The summed E-state index contributed by atoms with van der Waals surface area (Å²) in [6, 6.07) is -1.50. The van der Waals surface area contributed by atoms with Crippen LogP contribution in [0.2, 0.25) is 0 Å². The zero-order chi connectivity index (χ0) is 14.5. The van der Waals surface area contributed by atoms with Gasteiger partial charge in [0.15, 0.2) is 6.04 Å². The standard InChI is InChI=1S/C11H20N2O5/c1-5-13(11(3,4)10(16)17)8(14)7(12)9(15)18-6-2/h7H,5-6,12H2,1-4H3,(H,16,17). The highest BCUT2D eigenvalue weighted by molar-refractivity contribution is 6.03. The van der Waals surface area contributed by atoms with E-state index in [-0.39, 0.29) is 13.2 Å². The molecule has 0 aromatic heterocycles. The molecule has 0 aliphatic heterocycles. The molecule has 0 aliphatic carbocycles. The summed E-state index contributed by atoms with van der Waals surface area (Å²) in [4.78, 5) is 35.5. The van der Waals surface area contributed by atoms with E-state index in [0.717, 1.165) is 4.90 Å². The van der Waals surface area contributed by atoms with E-state index >= 15 is 0 Å². The van der Waals surface area contributed by atoms with Crippen molar-refractivity contribution in [2.45, 2.75) is 39.3 Å². The van der Waals surface area contributed by atoms with Crippen molar-refractivity contribution in [3.63, 3.8) is 0 Å². The molecule has 7 heteroatoms. The Labute approximate surface area is 106 Å².